The van der Waals surface area contributed by atoms with Crippen LogP contribution in [0.25, 0.3) is 64.6 Å². The summed E-state index contributed by atoms with van der Waals surface area (Å²) in [6.45, 7) is 41.2. The van der Waals surface area contributed by atoms with E-state index in [1.54, 1.807) is 0 Å². The Kier molecular flexibility index (Phi) is 35.8. The number of amidine groups is 4. The average Bonchev–Trinajstić information content (AvgIpc) is 1.54. The molecule has 6 heterocycles. The molecule has 130 heavy (non-hydrogen) atoms. The zero-order valence-corrected chi connectivity index (χ0v) is 86.0. The summed E-state index contributed by atoms with van der Waals surface area (Å²) >= 11 is -4.66. The van der Waals surface area contributed by atoms with E-state index in [9.17, 15) is 8.58 Å². The van der Waals surface area contributed by atoms with Crippen LogP contribution in [0.4, 0.5) is 11.6 Å². The van der Waals surface area contributed by atoms with Crippen molar-refractivity contribution in [3.8, 4) is 46.0 Å². The molecule has 698 valence electrons. The summed E-state index contributed by atoms with van der Waals surface area (Å²) in [6, 6.07) is 35.6. The maximum absolute atomic E-state index is 9.21. The van der Waals surface area contributed by atoms with Gasteiger partial charge < -0.3 is 0 Å². The second kappa shape index (κ2) is 47.6. The van der Waals surface area contributed by atoms with E-state index >= 15 is 0 Å². The van der Waals surface area contributed by atoms with Gasteiger partial charge in [-0.2, -0.15) is 0 Å². The van der Waals surface area contributed by atoms with Crippen LogP contribution in [0.15, 0.2) is 127 Å². The van der Waals surface area contributed by atoms with Crippen LogP contribution in [-0.4, -0.2) is 102 Å². The van der Waals surface area contributed by atoms with E-state index in [4.69, 9.17) is 67.8 Å². The molecule has 0 aliphatic carbocycles. The van der Waals surface area contributed by atoms with Crippen LogP contribution in [0, 0.1) is 47.3 Å². The van der Waals surface area contributed by atoms with Gasteiger partial charge in [0, 0.05) is 0 Å². The molecule has 0 radical (unpaired) electrons. The second-order valence-electron chi connectivity index (χ2n) is 38.3. The molecule has 8 atom stereocenters. The molecule has 2 aromatic heterocycles. The molecule has 8 unspecified atom stereocenters. The quantitative estimate of drug-likeness (QED) is 0.0364. The maximum atomic E-state index is 9.21. The van der Waals surface area contributed by atoms with E-state index in [1.165, 1.54) is 0 Å². The molecule has 0 fully saturated rings. The summed E-state index contributed by atoms with van der Waals surface area (Å²) in [5, 5.41) is 11.0. The number of unbranched alkanes of at least 4 members (excludes halogenated alkanes) is 8. The van der Waals surface area contributed by atoms with Gasteiger partial charge in [0.1, 0.15) is 0 Å². The van der Waals surface area contributed by atoms with Crippen LogP contribution in [0.2, 0.25) is 0 Å². The van der Waals surface area contributed by atoms with Gasteiger partial charge in [-0.05, 0) is 12.8 Å². The van der Waals surface area contributed by atoms with Gasteiger partial charge >= 0.3 is 622 Å². The molecular formula is C112H152ClInN8O8. The number of benzene rings is 8. The number of halogens is 1. The van der Waals surface area contributed by atoms with Crippen LogP contribution in [0.5, 0.6) is 46.0 Å². The van der Waals surface area contributed by atoms with Gasteiger partial charge in [-0.3, -0.25) is 0 Å². The van der Waals surface area contributed by atoms with Crippen molar-refractivity contribution in [1.29, 1.82) is 0 Å². The molecule has 0 saturated heterocycles. The van der Waals surface area contributed by atoms with Crippen molar-refractivity contribution in [3.05, 3.63) is 130 Å². The molecule has 8 aromatic carbocycles. The zero-order valence-electron chi connectivity index (χ0n) is 81.9. The first-order valence-corrected chi connectivity index (χ1v) is 58.7. The Morgan fingerprint density at radius 3 is 0.754 bits per heavy atom. The minimum atomic E-state index is -4.66. The van der Waals surface area contributed by atoms with E-state index in [0.29, 0.717) is 146 Å². The van der Waals surface area contributed by atoms with Crippen LogP contribution in [-0.2, 0) is 0 Å². The Bertz CT molecular complexity index is 5790. The van der Waals surface area contributed by atoms with Gasteiger partial charge in [-0.1, -0.05) is 160 Å². The summed E-state index contributed by atoms with van der Waals surface area (Å²) < 4.78 is 61.8. The molecule has 0 amide bonds. The number of aromatic nitrogens is 2. The third-order valence-electron chi connectivity index (χ3n) is 28.8. The van der Waals surface area contributed by atoms with Crippen LogP contribution in [0.1, 0.15) is 338 Å². The van der Waals surface area contributed by atoms with E-state index < -0.39 is 20.8 Å². The molecule has 0 spiro atoms. The van der Waals surface area contributed by atoms with E-state index in [0.717, 1.165) is 338 Å². The molecule has 0 saturated carbocycles. The Balaban J connectivity index is 1.11. The summed E-state index contributed by atoms with van der Waals surface area (Å²) in [7, 11) is 9.21. The Hall–Kier alpha value is -8.28. The van der Waals surface area contributed by atoms with Gasteiger partial charge in [0.2, 0.25) is 0 Å². The Labute approximate surface area is 789 Å². The van der Waals surface area contributed by atoms with Gasteiger partial charge in [0.15, 0.2) is 0 Å². The number of nitrogens with zero attached hydrogens (tertiary/aromatic N) is 8. The number of ether oxygens (including phenoxy) is 8. The van der Waals surface area contributed by atoms with Gasteiger partial charge in [-0.15, -0.1) is 0 Å². The van der Waals surface area contributed by atoms with E-state index in [1.807, 2.05) is 0 Å². The van der Waals surface area contributed by atoms with Crippen molar-refractivity contribution in [1.82, 2.24) is 5.11 Å². The fourth-order valence-electron chi connectivity index (χ4n) is 19.4. The summed E-state index contributed by atoms with van der Waals surface area (Å²) in [6.07, 6.45) is 35.2. The average molecular weight is 1890 g/mol. The van der Waals surface area contributed by atoms with Crippen LogP contribution < -0.4 is 48.9 Å². The summed E-state index contributed by atoms with van der Waals surface area (Å²) in [4.78, 5) is 36.1. The fourth-order valence-corrected chi connectivity index (χ4v) is 27.1. The normalized spacial score (nSPS) is 15.2. The molecular weight excluding hydrogens is 1740 g/mol. The molecule has 4 aliphatic rings. The summed E-state index contributed by atoms with van der Waals surface area (Å²) in [5.74, 6) is 12.6. The SMILES string of the molecule is CCCCC(CC)COc1cc(OCC(CC)CCCC)c2cc3c(cc2c1)C1=Nc2c4cc5c(OCC(CC)CCCC)cc(OCC(CC)CCCC)cc5cc4c4[n]2[In]([Cl])[n]2c(c5cc6cc(OCC(CC)CCCC)cc(OCC(CC)CCCC)c6cc5c2=NC2=NC(=N4)c4cc5c(OCC(CC)CCCC)cc(OCC(CC)CCCC)cc5cc42)=NC3=N1. The predicted molar refractivity (Wildman–Crippen MR) is 547 cm³/mol. The predicted octanol–water partition coefficient (Wildman–Crippen LogP) is 30.5. The molecule has 10 aromatic rings. The number of fused-ring (bicyclic) bond motifs is 18. The number of hydrogen-bond acceptors (Lipinski definition) is 14. The van der Waals surface area contributed by atoms with Crippen molar-refractivity contribution >= 4 is 129 Å². The molecule has 0 N–H and O–H groups in total. The van der Waals surface area contributed by atoms with Crippen molar-refractivity contribution in [2.24, 2.45) is 77.3 Å². The minimum absolute atomic E-state index is 0.358. The van der Waals surface area contributed by atoms with Crippen molar-refractivity contribution < 1.29 is 37.9 Å². The Morgan fingerprint density at radius 2 is 0.469 bits per heavy atom. The first-order chi connectivity index (χ1) is 63.6. The molecule has 14 rings (SSSR count). The summed E-state index contributed by atoms with van der Waals surface area (Å²) in [5.41, 5.74) is 4.58. The topological polar surface area (TPSA) is 158 Å². The number of hydrogen-bond donors (Lipinski definition) is 0. The van der Waals surface area contributed by atoms with Crippen LogP contribution >= 0.6 is 8.58 Å². The monoisotopic (exact) mass is 1890 g/mol. The van der Waals surface area contributed by atoms with Gasteiger partial charge in [0.25, 0.3) is 0 Å². The fraction of sp³-hybridized carbons (Fsp3) is 0.571. The van der Waals surface area contributed by atoms with Crippen molar-refractivity contribution in [2.75, 3.05) is 52.9 Å². The molecule has 4 aliphatic heterocycles. The third-order valence-corrected chi connectivity index (χ3v) is 36.7. The number of rotatable bonds is 56. The molecule has 18 heteroatoms. The Morgan fingerprint density at radius 1 is 0.238 bits per heavy atom. The van der Waals surface area contributed by atoms with E-state index in [2.05, 4.69) is 213 Å². The number of aliphatic imine (C=N–C) groups is 4. The molecule has 6 bridgehead atoms. The van der Waals surface area contributed by atoms with Gasteiger partial charge in [0.05, 0.1) is 0 Å². The van der Waals surface area contributed by atoms with E-state index in [-0.39, 0.29) is 0 Å². The second-order valence-corrected chi connectivity index (χ2v) is 45.6. The third kappa shape index (κ3) is 22.9. The van der Waals surface area contributed by atoms with Gasteiger partial charge in [-0.25, -0.2) is 0 Å². The standard InChI is InChI=1S/C112H152N8O8.ClH.In/c1-17-33-41-73(25-9)65-121-85-49-81-53-93-97(61-89(81)101(57-85)125-69-77(29-13)45-37-21-5)109-113-105(93)117-110-98-62-90-82(50-86(122-66-74(26-10)42-34-18-2)58-102(90)126-70-78(30-14)46-38-22-6)54-94(98)107(114-110)119-112-100-64-92-84(52-88(124-68-76(28-12)44-36-20-4)60-104(92)128-72-80(32-16)48-40-24-8)56-96(100)108(116-112)120-111-99-63-91-83(55-95(99)106(115-111)118-109)51-87(123-67-75(27-11)43-35-19-3)59-103(91)127-71-79(31-15)47-39-23-7;;/h49-64,73-80H,17-48,65-72H2,1-16H3;1H;/q-2;;+3/p-1. The van der Waals surface area contributed by atoms with Crippen molar-refractivity contribution in [3.63, 3.8) is 0 Å². The van der Waals surface area contributed by atoms with Crippen LogP contribution in [0.3, 0.4) is 0 Å². The first kappa shape index (κ1) is 97.7. The molecule has 16 nitrogen and oxygen atoms in total. The zero-order chi connectivity index (χ0) is 91.3. The van der Waals surface area contributed by atoms with Crippen molar-refractivity contribution in [2.45, 2.75) is 316 Å². The first-order valence-electron chi connectivity index (χ1n) is 51.6.